The Labute approximate surface area is 128 Å². The van der Waals surface area contributed by atoms with Crippen LogP contribution in [0.15, 0.2) is 4.99 Å². The first-order valence-corrected chi connectivity index (χ1v) is 6.99. The lowest BCUT2D eigenvalue weighted by Crippen LogP contribution is -2.38. The number of rotatable bonds is 9. The highest BCUT2D eigenvalue weighted by Gasteiger charge is 2.21. The number of nitrogens with one attached hydrogen (secondary N) is 2. The molecule has 1 aliphatic rings. The largest absolute Gasteiger partial charge is 0.381 e. The molecule has 1 fully saturated rings. The van der Waals surface area contributed by atoms with E-state index in [1.807, 2.05) is 0 Å². The molecule has 2 N–H and O–H groups in total. The lowest BCUT2D eigenvalue weighted by molar-refractivity contribution is 0.130. The summed E-state index contributed by atoms with van der Waals surface area (Å²) in [6.07, 6.45) is 5.93. The zero-order valence-corrected chi connectivity index (χ0v) is 14.0. The molecule has 0 radical (unpaired) electrons. The summed E-state index contributed by atoms with van der Waals surface area (Å²) in [4.78, 5) is 4.53. The number of hydrogen-bond acceptors (Lipinski definition) is 2. The van der Waals surface area contributed by atoms with Crippen LogP contribution in [0, 0.1) is 0 Å². The molecule has 0 unspecified atom stereocenters. The van der Waals surface area contributed by atoms with E-state index < -0.39 is 0 Å². The van der Waals surface area contributed by atoms with Crippen LogP contribution in [0.1, 0.15) is 46.0 Å². The Hall–Kier alpha value is -0.0400. The van der Waals surface area contributed by atoms with E-state index in [9.17, 15) is 0 Å². The highest BCUT2D eigenvalue weighted by atomic mass is 127. The van der Waals surface area contributed by atoms with Crippen molar-refractivity contribution >= 4 is 29.9 Å². The normalized spacial score (nSPS) is 15.1. The van der Waals surface area contributed by atoms with Crippen molar-refractivity contribution in [2.24, 2.45) is 4.99 Å². The Kier molecular flexibility index (Phi) is 12.0. The maximum Gasteiger partial charge on any atom is 0.191 e. The van der Waals surface area contributed by atoms with Crippen molar-refractivity contribution in [1.82, 2.24) is 10.6 Å². The molecule has 0 aromatic heterocycles. The third-order valence-electron chi connectivity index (χ3n) is 2.62. The van der Waals surface area contributed by atoms with Gasteiger partial charge in [0.05, 0.1) is 0 Å². The first-order valence-electron chi connectivity index (χ1n) is 6.99. The summed E-state index contributed by atoms with van der Waals surface area (Å²) in [6, 6.07) is 0.661. The molecule has 4 nitrogen and oxygen atoms in total. The number of halogens is 1. The number of ether oxygens (including phenoxy) is 1. The molecule has 18 heavy (non-hydrogen) atoms. The van der Waals surface area contributed by atoms with Crippen LogP contribution in [0.2, 0.25) is 0 Å². The average molecular weight is 369 g/mol. The molecule has 0 spiro atoms. The van der Waals surface area contributed by atoms with Crippen molar-refractivity contribution in [2.45, 2.75) is 52.0 Å². The summed E-state index contributed by atoms with van der Waals surface area (Å²) in [5.74, 6) is 0.962. The smallest absolute Gasteiger partial charge is 0.191 e. The summed E-state index contributed by atoms with van der Waals surface area (Å²) < 4.78 is 5.50. The van der Waals surface area contributed by atoms with E-state index >= 15 is 0 Å². The molecule has 0 saturated heterocycles. The second-order valence-electron chi connectivity index (χ2n) is 4.50. The van der Waals surface area contributed by atoms with E-state index in [0.717, 1.165) is 45.1 Å². The van der Waals surface area contributed by atoms with E-state index in [2.05, 4.69) is 29.5 Å². The van der Waals surface area contributed by atoms with E-state index in [1.54, 1.807) is 0 Å². The fourth-order valence-electron chi connectivity index (χ4n) is 1.45. The predicted molar refractivity (Wildman–Crippen MR) is 87.9 cm³/mol. The molecule has 0 amide bonds. The third kappa shape index (κ3) is 9.94. The third-order valence-corrected chi connectivity index (χ3v) is 2.62. The molecule has 0 aromatic rings. The van der Waals surface area contributed by atoms with Gasteiger partial charge < -0.3 is 15.4 Å². The van der Waals surface area contributed by atoms with Crippen molar-refractivity contribution in [2.75, 3.05) is 26.3 Å². The highest BCUT2D eigenvalue weighted by molar-refractivity contribution is 14.0. The van der Waals surface area contributed by atoms with E-state index in [1.165, 1.54) is 19.3 Å². The number of guanidine groups is 1. The fourth-order valence-corrected chi connectivity index (χ4v) is 1.45. The predicted octanol–water partition coefficient (Wildman–Crippen LogP) is 2.53. The van der Waals surface area contributed by atoms with Gasteiger partial charge in [0.2, 0.25) is 0 Å². The molecule has 1 rings (SSSR count). The van der Waals surface area contributed by atoms with E-state index in [4.69, 9.17) is 4.74 Å². The molecule has 1 aliphatic carbocycles. The molecule has 0 atom stereocenters. The second-order valence-corrected chi connectivity index (χ2v) is 4.50. The standard InChI is InChI=1S/C13H27N3O.HI/c1-3-5-10-17-11-6-9-15-13(14-4-2)16-12-7-8-12;/h12H,3-11H2,1-2H3,(H2,14,15,16);1H. The maximum atomic E-state index is 5.50. The summed E-state index contributed by atoms with van der Waals surface area (Å²) >= 11 is 0. The minimum Gasteiger partial charge on any atom is -0.381 e. The summed E-state index contributed by atoms with van der Waals surface area (Å²) in [5, 5.41) is 6.66. The van der Waals surface area contributed by atoms with Crippen molar-refractivity contribution in [3.05, 3.63) is 0 Å². The molecular formula is C13H28IN3O. The topological polar surface area (TPSA) is 45.6 Å². The van der Waals surface area contributed by atoms with Gasteiger partial charge in [-0.2, -0.15) is 0 Å². The SMILES string of the molecule is CCCCOCCCN=C(NCC)NC1CC1.I. The van der Waals surface area contributed by atoms with E-state index in [0.29, 0.717) is 6.04 Å². The first kappa shape index (κ1) is 18.0. The Morgan fingerprint density at radius 3 is 2.56 bits per heavy atom. The average Bonchev–Trinajstić information content (AvgIpc) is 3.12. The van der Waals surface area contributed by atoms with Gasteiger partial charge in [-0.3, -0.25) is 4.99 Å². The highest BCUT2D eigenvalue weighted by Crippen LogP contribution is 2.18. The van der Waals surface area contributed by atoms with E-state index in [-0.39, 0.29) is 24.0 Å². The lowest BCUT2D eigenvalue weighted by Gasteiger charge is -2.10. The van der Waals surface area contributed by atoms with Gasteiger partial charge in [0, 0.05) is 32.3 Å². The number of nitrogens with zero attached hydrogens (tertiary/aromatic N) is 1. The van der Waals surface area contributed by atoms with Gasteiger partial charge in [0.25, 0.3) is 0 Å². The molecule has 5 heteroatoms. The molecular weight excluding hydrogens is 341 g/mol. The van der Waals surface area contributed by atoms with Crippen LogP contribution in [0.25, 0.3) is 0 Å². The molecule has 0 heterocycles. The van der Waals surface area contributed by atoms with Gasteiger partial charge in [-0.05, 0) is 32.6 Å². The van der Waals surface area contributed by atoms with Crippen LogP contribution >= 0.6 is 24.0 Å². The van der Waals surface area contributed by atoms with Crippen LogP contribution in [-0.4, -0.2) is 38.3 Å². The van der Waals surface area contributed by atoms with Crippen molar-refractivity contribution < 1.29 is 4.74 Å². The maximum absolute atomic E-state index is 5.50. The van der Waals surface area contributed by atoms with Gasteiger partial charge in [0.1, 0.15) is 0 Å². The molecule has 0 aromatic carbocycles. The lowest BCUT2D eigenvalue weighted by atomic mass is 10.4. The van der Waals surface area contributed by atoms with Gasteiger partial charge in [0.15, 0.2) is 5.96 Å². The van der Waals surface area contributed by atoms with Crippen LogP contribution < -0.4 is 10.6 Å². The van der Waals surface area contributed by atoms with Crippen LogP contribution in [0.3, 0.4) is 0 Å². The van der Waals surface area contributed by atoms with Crippen LogP contribution in [0.5, 0.6) is 0 Å². The minimum atomic E-state index is 0. The van der Waals surface area contributed by atoms with Gasteiger partial charge >= 0.3 is 0 Å². The van der Waals surface area contributed by atoms with Crippen LogP contribution in [0.4, 0.5) is 0 Å². The minimum absolute atomic E-state index is 0. The van der Waals surface area contributed by atoms with Gasteiger partial charge in [-0.15, -0.1) is 24.0 Å². The monoisotopic (exact) mass is 369 g/mol. The second kappa shape index (κ2) is 12.0. The fraction of sp³-hybridized carbons (Fsp3) is 0.923. The van der Waals surface area contributed by atoms with Crippen molar-refractivity contribution in [3.63, 3.8) is 0 Å². The molecule has 1 saturated carbocycles. The zero-order chi connectivity index (χ0) is 12.3. The van der Waals surface area contributed by atoms with Crippen molar-refractivity contribution in [1.29, 1.82) is 0 Å². The molecule has 108 valence electrons. The quantitative estimate of drug-likeness (QED) is 0.284. The Balaban J connectivity index is 0.00000289. The van der Waals surface area contributed by atoms with Gasteiger partial charge in [-0.25, -0.2) is 0 Å². The molecule has 0 bridgehead atoms. The van der Waals surface area contributed by atoms with Crippen LogP contribution in [-0.2, 0) is 4.74 Å². The number of hydrogen-bond donors (Lipinski definition) is 2. The zero-order valence-electron chi connectivity index (χ0n) is 11.7. The molecule has 0 aliphatic heterocycles. The van der Waals surface area contributed by atoms with Crippen molar-refractivity contribution in [3.8, 4) is 0 Å². The Bertz CT molecular complexity index is 220. The van der Waals surface area contributed by atoms with Gasteiger partial charge in [-0.1, -0.05) is 13.3 Å². The first-order chi connectivity index (χ1) is 8.36. The Morgan fingerprint density at radius 2 is 1.94 bits per heavy atom. The number of unbranched alkanes of at least 4 members (excludes halogenated alkanes) is 1. The number of aliphatic imine (C=N–C) groups is 1. The Morgan fingerprint density at radius 1 is 1.22 bits per heavy atom. The summed E-state index contributed by atoms with van der Waals surface area (Å²) in [6.45, 7) is 7.75. The summed E-state index contributed by atoms with van der Waals surface area (Å²) in [7, 11) is 0. The summed E-state index contributed by atoms with van der Waals surface area (Å²) in [5.41, 5.74) is 0.